The van der Waals surface area contributed by atoms with Crippen molar-refractivity contribution in [3.05, 3.63) is 29.6 Å². The number of amides is 2. The molecule has 7 heteroatoms. The van der Waals surface area contributed by atoms with Gasteiger partial charge >= 0.3 is 6.03 Å². The van der Waals surface area contributed by atoms with Crippen molar-refractivity contribution in [1.82, 2.24) is 4.90 Å². The monoisotopic (exact) mass is 304 g/mol. The van der Waals surface area contributed by atoms with E-state index in [1.807, 2.05) is 6.92 Å². The highest BCUT2D eigenvalue weighted by atomic mass is 19.2. The molecular formula is C14H19F3N2O2. The number of nitrogens with zero attached hydrogens (tertiary/aromatic N) is 1. The first kappa shape index (κ1) is 17.3. The minimum absolute atomic E-state index is 0.113. The maximum atomic E-state index is 13.1. The zero-order valence-electron chi connectivity index (χ0n) is 11.8. The summed E-state index contributed by atoms with van der Waals surface area (Å²) in [6.45, 7) is 2.33. The lowest BCUT2D eigenvalue weighted by Crippen LogP contribution is -2.37. The number of hydrogen-bond donors (Lipinski definition) is 2. The highest BCUT2D eigenvalue weighted by molar-refractivity contribution is 5.89. The molecule has 2 N–H and O–H groups in total. The van der Waals surface area contributed by atoms with Crippen molar-refractivity contribution in [2.75, 3.05) is 25.0 Å². The number of nitrogens with one attached hydrogen (secondary N) is 1. The molecule has 0 saturated heterocycles. The number of halogens is 3. The van der Waals surface area contributed by atoms with Crippen LogP contribution in [0.1, 0.15) is 26.2 Å². The summed E-state index contributed by atoms with van der Waals surface area (Å²) in [7, 11) is 0. The van der Waals surface area contributed by atoms with Crippen LogP contribution in [0.2, 0.25) is 0 Å². The molecular weight excluding hydrogens is 285 g/mol. The van der Waals surface area contributed by atoms with Crippen LogP contribution in [0.15, 0.2) is 12.1 Å². The summed E-state index contributed by atoms with van der Waals surface area (Å²) in [6.07, 6.45) is 2.66. The lowest BCUT2D eigenvalue weighted by molar-refractivity contribution is 0.187. The van der Waals surface area contributed by atoms with Crippen LogP contribution in [0.5, 0.6) is 0 Å². The normalized spacial score (nSPS) is 10.5. The minimum Gasteiger partial charge on any atom is -0.395 e. The van der Waals surface area contributed by atoms with Crippen molar-refractivity contribution >= 4 is 11.7 Å². The van der Waals surface area contributed by atoms with Gasteiger partial charge in [0.25, 0.3) is 0 Å². The van der Waals surface area contributed by atoms with Crippen LogP contribution >= 0.6 is 0 Å². The van der Waals surface area contributed by atoms with Gasteiger partial charge in [-0.3, -0.25) is 0 Å². The molecule has 0 heterocycles. The summed E-state index contributed by atoms with van der Waals surface area (Å²) in [5, 5.41) is 11.2. The third-order valence-electron chi connectivity index (χ3n) is 2.92. The van der Waals surface area contributed by atoms with Crippen molar-refractivity contribution in [3.8, 4) is 0 Å². The number of aliphatic hydroxyl groups is 1. The van der Waals surface area contributed by atoms with Gasteiger partial charge in [-0.1, -0.05) is 19.8 Å². The molecule has 0 aliphatic carbocycles. The number of carbonyl (C=O) groups excluding carboxylic acids is 1. The van der Waals surface area contributed by atoms with Crippen molar-refractivity contribution in [2.24, 2.45) is 0 Å². The Morgan fingerprint density at radius 2 is 1.81 bits per heavy atom. The first-order valence-electron chi connectivity index (χ1n) is 6.81. The molecule has 21 heavy (non-hydrogen) atoms. The van der Waals surface area contributed by atoms with E-state index in [-0.39, 0.29) is 18.8 Å². The number of carbonyl (C=O) groups is 1. The Hall–Kier alpha value is -1.76. The van der Waals surface area contributed by atoms with Gasteiger partial charge in [-0.05, 0) is 6.42 Å². The zero-order chi connectivity index (χ0) is 15.8. The molecule has 4 nitrogen and oxygen atoms in total. The molecule has 0 atom stereocenters. The molecule has 2 amide bonds. The highest BCUT2D eigenvalue weighted by Crippen LogP contribution is 2.17. The molecule has 0 aliphatic rings. The van der Waals surface area contributed by atoms with E-state index in [0.717, 1.165) is 19.3 Å². The molecule has 0 spiro atoms. The number of unbranched alkanes of at least 4 members (excludes halogenated alkanes) is 2. The fourth-order valence-corrected chi connectivity index (χ4v) is 1.82. The van der Waals surface area contributed by atoms with Gasteiger partial charge in [0.2, 0.25) is 0 Å². The molecule has 1 aromatic carbocycles. The van der Waals surface area contributed by atoms with E-state index in [4.69, 9.17) is 5.11 Å². The Labute approximate surface area is 121 Å². The first-order valence-corrected chi connectivity index (χ1v) is 6.81. The minimum atomic E-state index is -1.58. The van der Waals surface area contributed by atoms with Gasteiger partial charge in [-0.2, -0.15) is 0 Å². The van der Waals surface area contributed by atoms with Crippen LogP contribution in [-0.4, -0.2) is 35.7 Å². The average molecular weight is 304 g/mol. The molecule has 0 unspecified atom stereocenters. The molecule has 0 aromatic heterocycles. The van der Waals surface area contributed by atoms with Gasteiger partial charge in [0.1, 0.15) is 0 Å². The second-order valence-electron chi connectivity index (χ2n) is 4.60. The SMILES string of the molecule is CCCCCN(CCO)C(=O)Nc1cc(F)c(F)c(F)c1. The quantitative estimate of drug-likeness (QED) is 0.600. The van der Waals surface area contributed by atoms with Crippen LogP contribution in [0.3, 0.4) is 0 Å². The van der Waals surface area contributed by atoms with Gasteiger partial charge in [-0.15, -0.1) is 0 Å². The number of benzene rings is 1. The van der Waals surface area contributed by atoms with E-state index in [1.54, 1.807) is 0 Å². The Morgan fingerprint density at radius 1 is 1.19 bits per heavy atom. The Bertz CT molecular complexity index is 460. The summed E-state index contributed by atoms with van der Waals surface area (Å²) >= 11 is 0. The number of urea groups is 1. The summed E-state index contributed by atoms with van der Waals surface area (Å²) in [6, 6.07) is 0.824. The van der Waals surface area contributed by atoms with Crippen LogP contribution in [0, 0.1) is 17.5 Å². The number of hydrogen-bond acceptors (Lipinski definition) is 2. The van der Waals surface area contributed by atoms with Crippen LogP contribution < -0.4 is 5.32 Å². The maximum Gasteiger partial charge on any atom is 0.321 e. The molecule has 0 radical (unpaired) electrons. The van der Waals surface area contributed by atoms with Crippen molar-refractivity contribution in [3.63, 3.8) is 0 Å². The van der Waals surface area contributed by atoms with E-state index >= 15 is 0 Å². The zero-order valence-corrected chi connectivity index (χ0v) is 11.8. The predicted molar refractivity (Wildman–Crippen MR) is 73.5 cm³/mol. The van der Waals surface area contributed by atoms with Crippen LogP contribution in [0.25, 0.3) is 0 Å². The van der Waals surface area contributed by atoms with E-state index in [9.17, 15) is 18.0 Å². The largest absolute Gasteiger partial charge is 0.395 e. The van der Waals surface area contributed by atoms with Crippen LogP contribution in [0.4, 0.5) is 23.7 Å². The molecule has 0 bridgehead atoms. The Kier molecular flexibility index (Phi) is 7.01. The van der Waals surface area contributed by atoms with E-state index in [1.165, 1.54) is 4.90 Å². The molecule has 0 saturated carbocycles. The van der Waals surface area contributed by atoms with E-state index in [0.29, 0.717) is 18.7 Å². The molecule has 1 rings (SSSR count). The predicted octanol–water partition coefficient (Wildman–Crippen LogP) is 3.12. The smallest absolute Gasteiger partial charge is 0.321 e. The number of aliphatic hydroxyl groups excluding tert-OH is 1. The van der Waals surface area contributed by atoms with Gasteiger partial charge in [-0.25, -0.2) is 18.0 Å². The maximum absolute atomic E-state index is 13.1. The summed E-state index contributed by atoms with van der Waals surface area (Å²) in [5.74, 6) is -4.32. The number of anilines is 1. The third kappa shape index (κ3) is 5.26. The Morgan fingerprint density at radius 3 is 2.33 bits per heavy atom. The third-order valence-corrected chi connectivity index (χ3v) is 2.92. The average Bonchev–Trinajstić information content (AvgIpc) is 2.44. The topological polar surface area (TPSA) is 52.6 Å². The fraction of sp³-hybridized carbons (Fsp3) is 0.500. The fourth-order valence-electron chi connectivity index (χ4n) is 1.82. The standard InChI is InChI=1S/C14H19F3N2O2/c1-2-3-4-5-19(6-7-20)14(21)18-10-8-11(15)13(17)12(16)9-10/h8-9,20H,2-7H2,1H3,(H,18,21). The van der Waals surface area contributed by atoms with E-state index in [2.05, 4.69) is 5.32 Å². The Balaban J connectivity index is 2.72. The van der Waals surface area contributed by atoms with Gasteiger partial charge in [0.05, 0.1) is 6.61 Å². The second kappa shape index (κ2) is 8.51. The van der Waals surface area contributed by atoms with Crippen molar-refractivity contribution in [1.29, 1.82) is 0 Å². The first-order chi connectivity index (χ1) is 9.99. The van der Waals surface area contributed by atoms with Crippen molar-refractivity contribution in [2.45, 2.75) is 26.2 Å². The number of rotatable bonds is 7. The molecule has 0 aliphatic heterocycles. The van der Waals surface area contributed by atoms with Crippen molar-refractivity contribution < 1.29 is 23.1 Å². The highest BCUT2D eigenvalue weighted by Gasteiger charge is 2.16. The molecule has 0 fully saturated rings. The van der Waals surface area contributed by atoms with Crippen LogP contribution in [-0.2, 0) is 0 Å². The molecule has 118 valence electrons. The summed E-state index contributed by atoms with van der Waals surface area (Å²) in [4.78, 5) is 13.3. The summed E-state index contributed by atoms with van der Waals surface area (Å²) < 4.78 is 39.0. The lowest BCUT2D eigenvalue weighted by Gasteiger charge is -2.22. The van der Waals surface area contributed by atoms with Gasteiger partial charge < -0.3 is 15.3 Å². The summed E-state index contributed by atoms with van der Waals surface area (Å²) in [5.41, 5.74) is -0.171. The lowest BCUT2D eigenvalue weighted by atomic mass is 10.2. The van der Waals surface area contributed by atoms with E-state index < -0.39 is 23.5 Å². The van der Waals surface area contributed by atoms with Gasteiger partial charge in [0.15, 0.2) is 17.5 Å². The molecule has 1 aromatic rings. The van der Waals surface area contributed by atoms with Gasteiger partial charge in [0, 0.05) is 30.9 Å². The second-order valence-corrected chi connectivity index (χ2v) is 4.60.